The molecule has 0 unspecified atom stereocenters. The Morgan fingerprint density at radius 1 is 1.37 bits per heavy atom. The molecule has 2 N–H and O–H groups in total. The third kappa shape index (κ3) is 6.55. The fourth-order valence-corrected chi connectivity index (χ4v) is 1.53. The number of aliphatic hydroxyl groups is 1. The van der Waals surface area contributed by atoms with Crippen LogP contribution in [0.15, 0.2) is 18.2 Å². The average molecular weight is 269 g/mol. The van der Waals surface area contributed by atoms with Gasteiger partial charge in [0.15, 0.2) is 11.6 Å². The Morgan fingerprint density at radius 2 is 2.05 bits per heavy atom. The molecule has 0 aliphatic heterocycles. The molecule has 4 heteroatoms. The van der Waals surface area contributed by atoms with E-state index in [1.165, 1.54) is 6.07 Å². The second kappa shape index (κ2) is 6.87. The lowest BCUT2D eigenvalue weighted by molar-refractivity contribution is 0.0271. The van der Waals surface area contributed by atoms with Crippen molar-refractivity contribution >= 4 is 0 Å². The van der Waals surface area contributed by atoms with Gasteiger partial charge in [0, 0.05) is 6.54 Å². The van der Waals surface area contributed by atoms with Gasteiger partial charge >= 0.3 is 0 Å². The van der Waals surface area contributed by atoms with Gasteiger partial charge in [0.1, 0.15) is 6.61 Å². The Morgan fingerprint density at radius 3 is 2.58 bits per heavy atom. The molecule has 0 atom stereocenters. The van der Waals surface area contributed by atoms with Gasteiger partial charge in [-0.3, -0.25) is 0 Å². The van der Waals surface area contributed by atoms with Crippen LogP contribution in [0.4, 0.5) is 4.39 Å². The fraction of sp³-hybridized carbons (Fsp3) is 0.600. The molecule has 0 bridgehead atoms. The zero-order valence-electron chi connectivity index (χ0n) is 12.2. The number of rotatable bonds is 7. The molecule has 0 aliphatic carbocycles. The van der Waals surface area contributed by atoms with E-state index in [1.54, 1.807) is 19.9 Å². The second-order valence-electron chi connectivity index (χ2n) is 5.89. The number of ether oxygens (including phenoxy) is 1. The van der Waals surface area contributed by atoms with Gasteiger partial charge in [-0.2, -0.15) is 0 Å². The number of nitrogens with one attached hydrogen (secondary N) is 1. The van der Waals surface area contributed by atoms with Crippen LogP contribution in [-0.4, -0.2) is 23.9 Å². The third-order valence-electron chi connectivity index (χ3n) is 2.46. The van der Waals surface area contributed by atoms with Crippen molar-refractivity contribution in [3.8, 4) is 5.75 Å². The minimum Gasteiger partial charge on any atom is -0.488 e. The van der Waals surface area contributed by atoms with Crippen LogP contribution >= 0.6 is 0 Å². The Bertz CT molecular complexity index is 400. The van der Waals surface area contributed by atoms with Crippen molar-refractivity contribution < 1.29 is 14.2 Å². The minimum atomic E-state index is -0.968. The molecule has 1 aromatic carbocycles. The standard InChI is InChI=1S/C15H24FNO2/c1-11(2)8-17-9-12-5-6-14(13(16)7-12)19-10-15(3,4)18/h5-7,11,17-18H,8-10H2,1-4H3. The van der Waals surface area contributed by atoms with Crippen molar-refractivity contribution in [1.29, 1.82) is 0 Å². The molecule has 0 heterocycles. The molecule has 19 heavy (non-hydrogen) atoms. The van der Waals surface area contributed by atoms with Gasteiger partial charge in [-0.05, 0) is 44.0 Å². The monoisotopic (exact) mass is 269 g/mol. The molecule has 0 fully saturated rings. The van der Waals surface area contributed by atoms with Crippen molar-refractivity contribution in [1.82, 2.24) is 5.32 Å². The van der Waals surface area contributed by atoms with Crippen LogP contribution in [0.2, 0.25) is 0 Å². The molecular weight excluding hydrogens is 245 g/mol. The van der Waals surface area contributed by atoms with E-state index in [2.05, 4.69) is 19.2 Å². The maximum absolute atomic E-state index is 13.8. The fourth-order valence-electron chi connectivity index (χ4n) is 1.53. The highest BCUT2D eigenvalue weighted by Gasteiger charge is 2.15. The predicted octanol–water partition coefficient (Wildman–Crippen LogP) is 2.72. The summed E-state index contributed by atoms with van der Waals surface area (Å²) >= 11 is 0. The SMILES string of the molecule is CC(C)CNCc1ccc(OCC(C)(C)O)c(F)c1. The highest BCUT2D eigenvalue weighted by molar-refractivity contribution is 5.29. The van der Waals surface area contributed by atoms with E-state index in [4.69, 9.17) is 4.74 Å². The van der Waals surface area contributed by atoms with Gasteiger partial charge in [-0.1, -0.05) is 19.9 Å². The largest absolute Gasteiger partial charge is 0.488 e. The van der Waals surface area contributed by atoms with Crippen LogP contribution in [0, 0.1) is 11.7 Å². The summed E-state index contributed by atoms with van der Waals surface area (Å²) in [5.74, 6) is 0.349. The topological polar surface area (TPSA) is 41.5 Å². The van der Waals surface area contributed by atoms with Crippen molar-refractivity contribution in [2.45, 2.75) is 39.8 Å². The van der Waals surface area contributed by atoms with E-state index < -0.39 is 11.4 Å². The van der Waals surface area contributed by atoms with Gasteiger partial charge < -0.3 is 15.2 Å². The second-order valence-corrected chi connectivity index (χ2v) is 5.89. The van der Waals surface area contributed by atoms with Gasteiger partial charge in [0.2, 0.25) is 0 Å². The summed E-state index contributed by atoms with van der Waals surface area (Å²) in [4.78, 5) is 0. The van der Waals surface area contributed by atoms with E-state index in [0.717, 1.165) is 12.1 Å². The Labute approximate surface area is 114 Å². The average Bonchev–Trinajstić information content (AvgIpc) is 2.26. The van der Waals surface area contributed by atoms with Crippen LogP contribution in [0.1, 0.15) is 33.3 Å². The number of halogens is 1. The summed E-state index contributed by atoms with van der Waals surface area (Å²) in [7, 11) is 0. The first-order valence-corrected chi connectivity index (χ1v) is 6.62. The molecule has 3 nitrogen and oxygen atoms in total. The summed E-state index contributed by atoms with van der Waals surface area (Å²) in [5, 5.41) is 12.8. The van der Waals surface area contributed by atoms with Gasteiger partial charge in [0.25, 0.3) is 0 Å². The molecule has 0 saturated carbocycles. The van der Waals surface area contributed by atoms with Crippen LogP contribution < -0.4 is 10.1 Å². The first-order valence-electron chi connectivity index (χ1n) is 6.62. The molecule has 108 valence electrons. The van der Waals surface area contributed by atoms with E-state index in [1.807, 2.05) is 6.07 Å². The Hall–Kier alpha value is -1.13. The maximum atomic E-state index is 13.8. The van der Waals surface area contributed by atoms with E-state index in [-0.39, 0.29) is 12.4 Å². The Kier molecular flexibility index (Phi) is 5.76. The lowest BCUT2D eigenvalue weighted by atomic mass is 10.1. The molecular formula is C15H24FNO2. The molecule has 0 spiro atoms. The minimum absolute atomic E-state index is 0.0644. The lowest BCUT2D eigenvalue weighted by Crippen LogP contribution is -2.28. The van der Waals surface area contributed by atoms with Crippen LogP contribution in [-0.2, 0) is 6.54 Å². The number of hydrogen-bond acceptors (Lipinski definition) is 3. The molecule has 1 rings (SSSR count). The summed E-state index contributed by atoms with van der Waals surface area (Å²) in [6.07, 6.45) is 0. The first kappa shape index (κ1) is 15.9. The van der Waals surface area contributed by atoms with Crippen LogP contribution in [0.3, 0.4) is 0 Å². The number of hydrogen-bond donors (Lipinski definition) is 2. The smallest absolute Gasteiger partial charge is 0.165 e. The zero-order chi connectivity index (χ0) is 14.5. The van der Waals surface area contributed by atoms with Gasteiger partial charge in [-0.25, -0.2) is 4.39 Å². The Balaban J connectivity index is 2.54. The third-order valence-corrected chi connectivity index (χ3v) is 2.46. The van der Waals surface area contributed by atoms with Gasteiger partial charge in [0.05, 0.1) is 5.60 Å². The van der Waals surface area contributed by atoms with Crippen LogP contribution in [0.5, 0.6) is 5.75 Å². The molecule has 0 radical (unpaired) electrons. The van der Waals surface area contributed by atoms with E-state index >= 15 is 0 Å². The van der Waals surface area contributed by atoms with E-state index in [9.17, 15) is 9.50 Å². The first-order chi connectivity index (χ1) is 8.78. The highest BCUT2D eigenvalue weighted by atomic mass is 19.1. The normalized spacial score (nSPS) is 11.9. The molecule has 0 aliphatic rings. The van der Waals surface area contributed by atoms with Crippen LogP contribution in [0.25, 0.3) is 0 Å². The molecule has 1 aromatic rings. The van der Waals surface area contributed by atoms with E-state index in [0.29, 0.717) is 12.5 Å². The van der Waals surface area contributed by atoms with Crippen molar-refractivity contribution in [3.63, 3.8) is 0 Å². The van der Waals surface area contributed by atoms with Crippen molar-refractivity contribution in [2.24, 2.45) is 5.92 Å². The van der Waals surface area contributed by atoms with Gasteiger partial charge in [-0.15, -0.1) is 0 Å². The van der Waals surface area contributed by atoms with Crippen molar-refractivity contribution in [2.75, 3.05) is 13.2 Å². The molecule has 0 aromatic heterocycles. The highest BCUT2D eigenvalue weighted by Crippen LogP contribution is 2.19. The van der Waals surface area contributed by atoms with Crippen molar-refractivity contribution in [3.05, 3.63) is 29.6 Å². The predicted molar refractivity (Wildman–Crippen MR) is 74.7 cm³/mol. The quantitative estimate of drug-likeness (QED) is 0.799. The summed E-state index contributed by atoms with van der Waals surface area (Å²) < 4.78 is 19.0. The summed E-state index contributed by atoms with van der Waals surface area (Å²) in [5.41, 5.74) is -0.0852. The summed E-state index contributed by atoms with van der Waals surface area (Å²) in [6.45, 7) is 9.10. The zero-order valence-corrected chi connectivity index (χ0v) is 12.2. The molecule has 0 saturated heterocycles. The lowest BCUT2D eigenvalue weighted by Gasteiger charge is -2.18. The molecule has 0 amide bonds. The summed E-state index contributed by atoms with van der Waals surface area (Å²) in [6, 6.07) is 4.90. The number of benzene rings is 1. The maximum Gasteiger partial charge on any atom is 0.165 e.